The maximum Gasteiger partial charge on any atom is 0.424 e. The third-order valence-corrected chi connectivity index (χ3v) is 7.34. The molecule has 0 saturated carbocycles. The highest BCUT2D eigenvalue weighted by Crippen LogP contribution is 2.33. The lowest BCUT2D eigenvalue weighted by Gasteiger charge is -2.23. The molecule has 7 heteroatoms. The van der Waals surface area contributed by atoms with Crippen LogP contribution in [0.15, 0.2) is 113 Å². The number of hydrogen-bond donors (Lipinski definition) is 0. The third kappa shape index (κ3) is 4.33. The number of nitrogens with zero attached hydrogens (tertiary/aromatic N) is 2. The molecule has 0 unspecified atom stereocenters. The van der Waals surface area contributed by atoms with Crippen molar-refractivity contribution in [1.82, 2.24) is 4.98 Å². The summed E-state index contributed by atoms with van der Waals surface area (Å²) < 4.78 is 12.8. The van der Waals surface area contributed by atoms with Gasteiger partial charge in [0.15, 0.2) is 0 Å². The summed E-state index contributed by atoms with van der Waals surface area (Å²) in [4.78, 5) is 33.1. The van der Waals surface area contributed by atoms with E-state index >= 15 is 0 Å². The van der Waals surface area contributed by atoms with Gasteiger partial charge in [0.25, 0.3) is 0 Å². The van der Waals surface area contributed by atoms with Gasteiger partial charge in [-0.2, -0.15) is 0 Å². The number of rotatable bonds is 5. The first kappa shape index (κ1) is 23.6. The van der Waals surface area contributed by atoms with E-state index in [0.29, 0.717) is 45.1 Å². The van der Waals surface area contributed by atoms with E-state index in [1.807, 2.05) is 91.9 Å². The van der Waals surface area contributed by atoms with Gasteiger partial charge in [0.05, 0.1) is 32.5 Å². The number of aromatic nitrogens is 1. The standard InChI is InChI=1S/C31H22N2O4S/c1-2-20-17-23-27(36-19-24(29(23)34)30-32-25-15-9-10-16-28(25)38-30)18-26(20)37-31(35)33(21-11-5-3-6-12-21)22-13-7-4-8-14-22/h3-19H,2H2,1H3. The van der Waals surface area contributed by atoms with Gasteiger partial charge in [-0.1, -0.05) is 55.5 Å². The van der Waals surface area contributed by atoms with Crippen LogP contribution in [0.1, 0.15) is 12.5 Å². The second-order valence-corrected chi connectivity index (χ2v) is 9.68. The van der Waals surface area contributed by atoms with Crippen molar-refractivity contribution in [2.75, 3.05) is 4.90 Å². The van der Waals surface area contributed by atoms with Crippen molar-refractivity contribution >= 4 is 50.0 Å². The molecule has 4 aromatic carbocycles. The molecule has 0 aliphatic carbocycles. The fourth-order valence-electron chi connectivity index (χ4n) is 4.36. The van der Waals surface area contributed by atoms with Crippen molar-refractivity contribution in [3.63, 3.8) is 0 Å². The SMILES string of the molecule is CCc1cc2c(=O)c(-c3nc4ccccc4s3)coc2cc1OC(=O)N(c1ccccc1)c1ccccc1. The zero-order chi connectivity index (χ0) is 26.1. The lowest BCUT2D eigenvalue weighted by atomic mass is 10.1. The Hall–Kier alpha value is -4.75. The van der Waals surface area contributed by atoms with Gasteiger partial charge in [0.1, 0.15) is 22.6 Å². The summed E-state index contributed by atoms with van der Waals surface area (Å²) in [5.74, 6) is 0.345. The monoisotopic (exact) mass is 518 g/mol. The number of benzene rings is 4. The third-order valence-electron chi connectivity index (χ3n) is 6.27. The van der Waals surface area contributed by atoms with Crippen LogP contribution in [0.25, 0.3) is 31.8 Å². The predicted molar refractivity (Wildman–Crippen MR) is 152 cm³/mol. The van der Waals surface area contributed by atoms with Crippen LogP contribution in [0.4, 0.5) is 16.2 Å². The van der Waals surface area contributed by atoms with Crippen molar-refractivity contribution < 1.29 is 13.9 Å². The van der Waals surface area contributed by atoms with Gasteiger partial charge in [0.2, 0.25) is 5.43 Å². The second kappa shape index (κ2) is 9.95. The van der Waals surface area contributed by atoms with Crippen molar-refractivity contribution in [2.45, 2.75) is 13.3 Å². The van der Waals surface area contributed by atoms with Crippen LogP contribution < -0.4 is 15.1 Å². The summed E-state index contributed by atoms with van der Waals surface area (Å²) in [5, 5.41) is 1.03. The van der Waals surface area contributed by atoms with E-state index in [2.05, 4.69) is 4.98 Å². The average molecular weight is 519 g/mol. The van der Waals surface area contributed by atoms with Gasteiger partial charge in [-0.15, -0.1) is 11.3 Å². The van der Waals surface area contributed by atoms with E-state index in [9.17, 15) is 9.59 Å². The molecule has 6 aromatic rings. The molecule has 2 aromatic heterocycles. The minimum Gasteiger partial charge on any atom is -0.463 e. The lowest BCUT2D eigenvalue weighted by Crippen LogP contribution is -2.29. The molecule has 6 rings (SSSR count). The van der Waals surface area contributed by atoms with Crippen molar-refractivity contribution in [2.24, 2.45) is 0 Å². The molecule has 6 nitrogen and oxygen atoms in total. The van der Waals surface area contributed by atoms with Gasteiger partial charge in [-0.25, -0.2) is 14.7 Å². The van der Waals surface area contributed by atoms with Gasteiger partial charge in [0, 0.05) is 6.07 Å². The largest absolute Gasteiger partial charge is 0.463 e. The fourth-order valence-corrected chi connectivity index (χ4v) is 5.33. The summed E-state index contributed by atoms with van der Waals surface area (Å²) >= 11 is 1.45. The maximum atomic E-state index is 13.5. The first-order valence-corrected chi connectivity index (χ1v) is 13.0. The Morgan fingerprint density at radius 3 is 2.24 bits per heavy atom. The zero-order valence-corrected chi connectivity index (χ0v) is 21.3. The van der Waals surface area contributed by atoms with Crippen molar-refractivity contribution in [1.29, 1.82) is 0 Å². The van der Waals surface area contributed by atoms with Crippen molar-refractivity contribution in [3.8, 4) is 16.3 Å². The molecule has 0 aliphatic heterocycles. The number of carbonyl (C=O) groups excluding carboxylic acids is 1. The number of ether oxygens (including phenoxy) is 1. The Morgan fingerprint density at radius 1 is 0.921 bits per heavy atom. The highest BCUT2D eigenvalue weighted by atomic mass is 32.1. The maximum absolute atomic E-state index is 13.5. The number of para-hydroxylation sites is 3. The molecular formula is C31H22N2O4S. The smallest absolute Gasteiger partial charge is 0.424 e. The van der Waals surface area contributed by atoms with E-state index < -0.39 is 6.09 Å². The number of thiazole rings is 1. The van der Waals surface area contributed by atoms with E-state index in [1.54, 1.807) is 12.1 Å². The minimum absolute atomic E-state index is 0.173. The number of carbonyl (C=O) groups is 1. The Morgan fingerprint density at radius 2 is 1.58 bits per heavy atom. The Balaban J connectivity index is 1.39. The number of hydrogen-bond acceptors (Lipinski definition) is 6. The van der Waals surface area contributed by atoms with Crippen LogP contribution in [-0.2, 0) is 6.42 Å². The average Bonchev–Trinajstić information content (AvgIpc) is 3.38. The molecule has 0 bridgehead atoms. The highest BCUT2D eigenvalue weighted by Gasteiger charge is 2.22. The van der Waals surface area contributed by atoms with Crippen LogP contribution in [-0.4, -0.2) is 11.1 Å². The van der Waals surface area contributed by atoms with Gasteiger partial charge in [-0.3, -0.25) is 4.79 Å². The Kier molecular flexibility index (Phi) is 6.19. The molecule has 0 fully saturated rings. The second-order valence-electron chi connectivity index (χ2n) is 8.65. The van der Waals surface area contributed by atoms with Gasteiger partial charge >= 0.3 is 6.09 Å². The Labute approximate surface area is 222 Å². The summed E-state index contributed by atoms with van der Waals surface area (Å²) in [6.45, 7) is 1.95. The van der Waals surface area contributed by atoms with Crippen LogP contribution >= 0.6 is 11.3 Å². The normalized spacial score (nSPS) is 11.1. The predicted octanol–water partition coefficient (Wildman–Crippen LogP) is 7.97. The topological polar surface area (TPSA) is 72.6 Å². The molecule has 38 heavy (non-hydrogen) atoms. The van der Waals surface area contributed by atoms with E-state index in [0.717, 1.165) is 15.8 Å². The van der Waals surface area contributed by atoms with Gasteiger partial charge < -0.3 is 9.15 Å². The summed E-state index contributed by atoms with van der Waals surface area (Å²) in [6.07, 6.45) is 1.42. The molecule has 2 heterocycles. The number of aryl methyl sites for hydroxylation is 1. The summed E-state index contributed by atoms with van der Waals surface area (Å²) in [7, 11) is 0. The number of amides is 1. The van der Waals surface area contributed by atoms with E-state index in [-0.39, 0.29) is 5.43 Å². The molecule has 0 N–H and O–H groups in total. The van der Waals surface area contributed by atoms with Crippen molar-refractivity contribution in [3.05, 3.63) is 119 Å². The summed E-state index contributed by atoms with van der Waals surface area (Å²) in [5.41, 5.74) is 3.48. The molecule has 0 saturated heterocycles. The molecular weight excluding hydrogens is 496 g/mol. The van der Waals surface area contributed by atoms with E-state index in [4.69, 9.17) is 9.15 Å². The quantitative estimate of drug-likeness (QED) is 0.231. The number of fused-ring (bicyclic) bond motifs is 2. The molecule has 0 atom stereocenters. The minimum atomic E-state index is -0.565. The van der Waals surface area contributed by atoms with E-state index in [1.165, 1.54) is 22.5 Å². The zero-order valence-electron chi connectivity index (χ0n) is 20.5. The summed E-state index contributed by atoms with van der Waals surface area (Å²) in [6, 6.07) is 29.7. The van der Waals surface area contributed by atoms with Crippen LogP contribution in [0.2, 0.25) is 0 Å². The first-order valence-electron chi connectivity index (χ1n) is 12.2. The fraction of sp³-hybridized carbons (Fsp3) is 0.0645. The Bertz CT molecular complexity index is 1760. The van der Waals surface area contributed by atoms with Crippen LogP contribution in [0, 0.1) is 0 Å². The molecule has 0 spiro atoms. The van der Waals surface area contributed by atoms with Gasteiger partial charge in [-0.05, 0) is 54.4 Å². The lowest BCUT2D eigenvalue weighted by molar-refractivity contribution is 0.210. The van der Waals surface area contributed by atoms with Crippen LogP contribution in [0.3, 0.4) is 0 Å². The molecule has 0 radical (unpaired) electrons. The molecule has 186 valence electrons. The highest BCUT2D eigenvalue weighted by molar-refractivity contribution is 7.21. The first-order chi connectivity index (χ1) is 18.6. The molecule has 0 aliphatic rings. The van der Waals surface area contributed by atoms with Crippen LogP contribution in [0.5, 0.6) is 5.75 Å². The number of anilines is 2. The molecule has 1 amide bonds.